The van der Waals surface area contributed by atoms with Crippen LogP contribution >= 0.6 is 7.60 Å². The number of ether oxygens (including phenoxy) is 1. The number of rotatable bonds is 8. The van der Waals surface area contributed by atoms with E-state index in [1.807, 2.05) is 0 Å². The molecule has 0 amide bonds. The summed E-state index contributed by atoms with van der Waals surface area (Å²) in [5.74, 6) is -1.91. The summed E-state index contributed by atoms with van der Waals surface area (Å²) < 4.78 is 27.1. The number of esters is 1. The second-order valence-corrected chi connectivity index (χ2v) is 6.24. The molecule has 0 radical (unpaired) electrons. The molecule has 0 N–H and O–H groups in total. The van der Waals surface area contributed by atoms with Gasteiger partial charge in [0.25, 0.3) is 5.78 Å². The zero-order valence-corrected chi connectivity index (χ0v) is 12.4. The topological polar surface area (TPSA) is 78.9 Å². The van der Waals surface area contributed by atoms with E-state index in [1.165, 1.54) is 6.92 Å². The number of carbonyl (C=O) groups excluding carboxylic acids is 2. The first-order valence-electron chi connectivity index (χ1n) is 5.92. The molecule has 0 saturated heterocycles. The Kier molecular flexibility index (Phi) is 7.36. The van der Waals surface area contributed by atoms with Crippen LogP contribution in [0.25, 0.3) is 0 Å². The van der Waals surface area contributed by atoms with E-state index >= 15 is 0 Å². The van der Waals surface area contributed by atoms with Crippen molar-refractivity contribution in [2.75, 3.05) is 13.2 Å². The van der Waals surface area contributed by atoms with Gasteiger partial charge < -0.3 is 13.8 Å². The zero-order chi connectivity index (χ0) is 14.3. The predicted molar refractivity (Wildman–Crippen MR) is 66.6 cm³/mol. The van der Waals surface area contributed by atoms with Gasteiger partial charge >= 0.3 is 13.6 Å². The Hall–Kier alpha value is -0.710. The van der Waals surface area contributed by atoms with E-state index in [9.17, 15) is 14.2 Å². The maximum atomic E-state index is 12.3. The lowest BCUT2D eigenvalue weighted by atomic mass is 10.3. The third-order valence-corrected chi connectivity index (χ3v) is 4.44. The highest BCUT2D eigenvalue weighted by atomic mass is 31.2. The summed E-state index contributed by atoms with van der Waals surface area (Å²) in [4.78, 5) is 23.2. The molecule has 0 aromatic heterocycles. The van der Waals surface area contributed by atoms with Crippen molar-refractivity contribution in [3.05, 3.63) is 0 Å². The van der Waals surface area contributed by atoms with Crippen molar-refractivity contribution in [2.45, 2.75) is 46.4 Å². The average molecular weight is 280 g/mol. The van der Waals surface area contributed by atoms with Crippen molar-refractivity contribution in [2.24, 2.45) is 0 Å². The van der Waals surface area contributed by atoms with Crippen molar-refractivity contribution in [1.82, 2.24) is 0 Å². The lowest BCUT2D eigenvalue weighted by molar-refractivity contribution is -0.156. The number of ketones is 1. The maximum Gasteiger partial charge on any atom is 0.375 e. The number of carbonyl (C=O) groups is 2. The largest absolute Gasteiger partial charge is 0.457 e. The summed E-state index contributed by atoms with van der Waals surface area (Å²) in [5.41, 5.74) is -1.16. The van der Waals surface area contributed by atoms with Gasteiger partial charge in [0.15, 0.2) is 0 Å². The average Bonchev–Trinajstić information content (AvgIpc) is 2.26. The van der Waals surface area contributed by atoms with Gasteiger partial charge in [0, 0.05) is 0 Å². The van der Waals surface area contributed by atoms with Gasteiger partial charge in [-0.2, -0.15) is 0 Å². The Morgan fingerprint density at radius 1 is 1.06 bits per heavy atom. The molecule has 0 spiro atoms. The smallest absolute Gasteiger partial charge is 0.375 e. The van der Waals surface area contributed by atoms with E-state index < -0.39 is 31.1 Å². The second-order valence-electron chi connectivity index (χ2n) is 3.87. The van der Waals surface area contributed by atoms with Crippen LogP contribution in [0.4, 0.5) is 0 Å². The summed E-state index contributed by atoms with van der Waals surface area (Å²) in [6, 6.07) is 0. The summed E-state index contributed by atoms with van der Waals surface area (Å²) in [6.45, 7) is 8.13. The van der Waals surface area contributed by atoms with Gasteiger partial charge in [-0.1, -0.05) is 0 Å². The van der Waals surface area contributed by atoms with E-state index in [2.05, 4.69) is 0 Å². The lowest BCUT2D eigenvalue weighted by Gasteiger charge is -2.21. The maximum absolute atomic E-state index is 12.3. The highest BCUT2D eigenvalue weighted by molar-refractivity contribution is 7.56. The molecule has 1 atom stereocenters. The quantitative estimate of drug-likeness (QED) is 0.385. The minimum atomic E-state index is -3.61. The molecule has 0 fully saturated rings. The standard InChI is InChI=1S/C11H21O6P/c1-6-15-18(14,16-7-2)9(5)10(12)11(13)17-8(3)4/h8-9H,6-7H2,1-5H3. The Morgan fingerprint density at radius 2 is 1.50 bits per heavy atom. The van der Waals surface area contributed by atoms with Gasteiger partial charge in [0.2, 0.25) is 0 Å². The molecule has 0 heterocycles. The molecular formula is C11H21O6P. The lowest BCUT2D eigenvalue weighted by Crippen LogP contribution is -2.31. The Morgan fingerprint density at radius 3 is 1.83 bits per heavy atom. The molecule has 0 saturated carbocycles. The van der Waals surface area contributed by atoms with Crippen LogP contribution < -0.4 is 0 Å². The van der Waals surface area contributed by atoms with E-state index in [0.717, 1.165) is 0 Å². The third-order valence-electron chi connectivity index (χ3n) is 2.02. The fourth-order valence-electron chi connectivity index (χ4n) is 1.21. The molecule has 0 aromatic rings. The van der Waals surface area contributed by atoms with Crippen molar-refractivity contribution < 1.29 is 27.9 Å². The van der Waals surface area contributed by atoms with Crippen LogP contribution in [-0.2, 0) is 27.9 Å². The zero-order valence-electron chi connectivity index (χ0n) is 11.5. The molecule has 0 bridgehead atoms. The van der Waals surface area contributed by atoms with Crippen LogP contribution in [0.3, 0.4) is 0 Å². The predicted octanol–water partition coefficient (Wildman–Crippen LogP) is 2.16. The normalized spacial score (nSPS) is 13.4. The number of hydrogen-bond donors (Lipinski definition) is 0. The number of hydrogen-bond acceptors (Lipinski definition) is 6. The van der Waals surface area contributed by atoms with Crippen molar-refractivity contribution >= 4 is 19.3 Å². The minimum Gasteiger partial charge on any atom is -0.457 e. The van der Waals surface area contributed by atoms with Gasteiger partial charge in [-0.3, -0.25) is 9.36 Å². The first-order chi connectivity index (χ1) is 8.28. The monoisotopic (exact) mass is 280 g/mol. The summed E-state index contributed by atoms with van der Waals surface area (Å²) in [5, 5.41) is 0. The van der Waals surface area contributed by atoms with Crippen LogP contribution in [0.1, 0.15) is 34.6 Å². The molecule has 18 heavy (non-hydrogen) atoms. The fraction of sp³-hybridized carbons (Fsp3) is 0.818. The van der Waals surface area contributed by atoms with E-state index in [1.54, 1.807) is 27.7 Å². The van der Waals surface area contributed by atoms with Crippen molar-refractivity contribution in [1.29, 1.82) is 0 Å². The van der Waals surface area contributed by atoms with Crippen LogP contribution in [0.2, 0.25) is 0 Å². The molecule has 0 aliphatic heterocycles. The van der Waals surface area contributed by atoms with Gasteiger partial charge in [-0.05, 0) is 34.6 Å². The SMILES string of the molecule is CCOP(=O)(OCC)C(C)C(=O)C(=O)OC(C)C. The molecule has 0 aliphatic carbocycles. The molecule has 106 valence electrons. The van der Waals surface area contributed by atoms with Crippen LogP contribution in [-0.4, -0.2) is 36.7 Å². The highest BCUT2D eigenvalue weighted by Crippen LogP contribution is 2.53. The van der Waals surface area contributed by atoms with Gasteiger partial charge in [0.1, 0.15) is 5.66 Å². The van der Waals surface area contributed by atoms with Gasteiger partial charge in [0.05, 0.1) is 19.3 Å². The van der Waals surface area contributed by atoms with Gasteiger partial charge in [-0.25, -0.2) is 4.79 Å². The molecule has 1 unspecified atom stereocenters. The summed E-state index contributed by atoms with van der Waals surface area (Å²) in [6.07, 6.45) is -0.410. The minimum absolute atomic E-state index is 0.133. The van der Waals surface area contributed by atoms with Crippen LogP contribution in [0, 0.1) is 0 Å². The first kappa shape index (κ1) is 17.3. The first-order valence-corrected chi connectivity index (χ1v) is 7.53. The molecular weight excluding hydrogens is 259 g/mol. The molecule has 0 aromatic carbocycles. The Bertz CT molecular complexity index is 328. The van der Waals surface area contributed by atoms with Gasteiger partial charge in [-0.15, -0.1) is 0 Å². The van der Waals surface area contributed by atoms with E-state index in [4.69, 9.17) is 13.8 Å². The van der Waals surface area contributed by atoms with E-state index in [-0.39, 0.29) is 13.2 Å². The Labute approximate surface area is 108 Å². The Balaban J connectivity index is 4.87. The summed E-state index contributed by atoms with van der Waals surface area (Å²) in [7, 11) is -3.61. The summed E-state index contributed by atoms with van der Waals surface area (Å²) >= 11 is 0. The fourth-order valence-corrected chi connectivity index (χ4v) is 2.84. The van der Waals surface area contributed by atoms with Crippen molar-refractivity contribution in [3.63, 3.8) is 0 Å². The highest BCUT2D eigenvalue weighted by Gasteiger charge is 2.41. The third kappa shape index (κ3) is 4.88. The number of Topliss-reactive ketones (excluding diaryl/α,β-unsaturated/α-hetero) is 1. The molecule has 6 nitrogen and oxygen atoms in total. The van der Waals surface area contributed by atoms with E-state index in [0.29, 0.717) is 0 Å². The van der Waals surface area contributed by atoms with Crippen LogP contribution in [0.15, 0.2) is 0 Å². The van der Waals surface area contributed by atoms with Crippen LogP contribution in [0.5, 0.6) is 0 Å². The molecule has 7 heteroatoms. The molecule has 0 aliphatic rings. The van der Waals surface area contributed by atoms with Crippen molar-refractivity contribution in [3.8, 4) is 0 Å². The molecule has 0 rings (SSSR count). The second kappa shape index (κ2) is 7.67.